The first-order valence-electron chi connectivity index (χ1n) is 4.50. The highest BCUT2D eigenvalue weighted by atomic mass is 32.2. The Morgan fingerprint density at radius 3 is 2.62 bits per heavy atom. The van der Waals surface area contributed by atoms with Crippen molar-refractivity contribution in [1.29, 1.82) is 0 Å². The van der Waals surface area contributed by atoms with E-state index in [9.17, 15) is 9.90 Å². The van der Waals surface area contributed by atoms with Gasteiger partial charge in [0.25, 0.3) is 0 Å². The van der Waals surface area contributed by atoms with Crippen LogP contribution in [0.25, 0.3) is 0 Å². The van der Waals surface area contributed by atoms with Gasteiger partial charge in [0.05, 0.1) is 11.0 Å². The predicted molar refractivity (Wildman–Crippen MR) is 52.9 cm³/mol. The topological polar surface area (TPSA) is 57.5 Å². The van der Waals surface area contributed by atoms with Crippen molar-refractivity contribution >= 4 is 17.7 Å². The standard InChI is InChI=1S/C9H16O3S/c1-3-8(2,7(10)11)9(12)4-5-13-6-9/h12H,3-6H2,1-2H3,(H,10,11). The van der Waals surface area contributed by atoms with Crippen molar-refractivity contribution in [3.8, 4) is 0 Å². The van der Waals surface area contributed by atoms with Crippen LogP contribution < -0.4 is 0 Å². The minimum atomic E-state index is -1.02. The van der Waals surface area contributed by atoms with Gasteiger partial charge in [-0.15, -0.1) is 0 Å². The zero-order valence-electron chi connectivity index (χ0n) is 8.04. The van der Waals surface area contributed by atoms with Crippen LogP contribution in [0.2, 0.25) is 0 Å². The molecular weight excluding hydrogens is 188 g/mol. The SMILES string of the molecule is CCC(C)(C(=O)O)C1(O)CCSC1. The van der Waals surface area contributed by atoms with Gasteiger partial charge in [-0.3, -0.25) is 4.79 Å². The Kier molecular flexibility index (Phi) is 2.92. The van der Waals surface area contributed by atoms with E-state index >= 15 is 0 Å². The predicted octanol–water partition coefficient (Wildman–Crippen LogP) is 1.36. The first kappa shape index (κ1) is 10.9. The van der Waals surface area contributed by atoms with Crippen LogP contribution in [0.3, 0.4) is 0 Å². The van der Waals surface area contributed by atoms with E-state index in [-0.39, 0.29) is 0 Å². The van der Waals surface area contributed by atoms with Gasteiger partial charge in [-0.05, 0) is 25.5 Å². The number of rotatable bonds is 3. The number of hydrogen-bond acceptors (Lipinski definition) is 3. The molecule has 1 aliphatic heterocycles. The fourth-order valence-electron chi connectivity index (χ4n) is 1.67. The molecule has 13 heavy (non-hydrogen) atoms. The monoisotopic (exact) mass is 204 g/mol. The van der Waals surface area contributed by atoms with Crippen LogP contribution in [0, 0.1) is 5.41 Å². The average molecular weight is 204 g/mol. The molecule has 1 heterocycles. The van der Waals surface area contributed by atoms with Crippen LogP contribution in [0.1, 0.15) is 26.7 Å². The summed E-state index contributed by atoms with van der Waals surface area (Å²) in [6, 6.07) is 0. The summed E-state index contributed by atoms with van der Waals surface area (Å²) in [5.74, 6) is 0.517. The Hall–Kier alpha value is -0.220. The number of carbonyl (C=O) groups is 1. The summed E-state index contributed by atoms with van der Waals surface area (Å²) in [5, 5.41) is 19.3. The summed E-state index contributed by atoms with van der Waals surface area (Å²) in [4.78, 5) is 11.1. The third-order valence-electron chi connectivity index (χ3n) is 3.21. The second-order valence-corrected chi connectivity index (χ2v) is 4.93. The van der Waals surface area contributed by atoms with Gasteiger partial charge in [0.1, 0.15) is 0 Å². The van der Waals surface area contributed by atoms with Crippen molar-refractivity contribution in [2.75, 3.05) is 11.5 Å². The number of thioether (sulfide) groups is 1. The van der Waals surface area contributed by atoms with Gasteiger partial charge in [0, 0.05) is 5.75 Å². The van der Waals surface area contributed by atoms with E-state index in [0.29, 0.717) is 18.6 Å². The number of aliphatic hydroxyl groups is 1. The van der Waals surface area contributed by atoms with Crippen molar-refractivity contribution in [3.63, 3.8) is 0 Å². The maximum Gasteiger partial charge on any atom is 0.312 e. The maximum atomic E-state index is 11.1. The Bertz CT molecular complexity index is 211. The normalized spacial score (nSPS) is 32.8. The van der Waals surface area contributed by atoms with Crippen LogP contribution >= 0.6 is 11.8 Å². The minimum absolute atomic E-state index is 0.472. The zero-order valence-corrected chi connectivity index (χ0v) is 8.86. The molecule has 0 aromatic rings. The molecule has 3 nitrogen and oxygen atoms in total. The minimum Gasteiger partial charge on any atom is -0.481 e. The van der Waals surface area contributed by atoms with E-state index < -0.39 is 17.0 Å². The van der Waals surface area contributed by atoms with E-state index in [1.54, 1.807) is 18.7 Å². The molecule has 1 rings (SSSR count). The summed E-state index contributed by atoms with van der Waals surface area (Å²) >= 11 is 1.63. The van der Waals surface area contributed by atoms with Gasteiger partial charge in [-0.2, -0.15) is 11.8 Å². The number of hydrogen-bond donors (Lipinski definition) is 2. The molecule has 0 saturated carbocycles. The lowest BCUT2D eigenvalue weighted by atomic mass is 9.71. The molecule has 2 unspecified atom stereocenters. The van der Waals surface area contributed by atoms with Crippen LogP contribution in [0.5, 0.6) is 0 Å². The molecule has 4 heteroatoms. The van der Waals surface area contributed by atoms with Gasteiger partial charge >= 0.3 is 5.97 Å². The van der Waals surface area contributed by atoms with Crippen molar-refractivity contribution < 1.29 is 15.0 Å². The van der Waals surface area contributed by atoms with E-state index in [0.717, 1.165) is 5.75 Å². The lowest BCUT2D eigenvalue weighted by molar-refractivity contribution is -0.164. The van der Waals surface area contributed by atoms with Gasteiger partial charge in [-0.1, -0.05) is 6.92 Å². The molecule has 0 aliphatic carbocycles. The molecule has 0 spiro atoms. The highest BCUT2D eigenvalue weighted by Gasteiger charge is 2.52. The fraction of sp³-hybridized carbons (Fsp3) is 0.889. The highest BCUT2D eigenvalue weighted by Crippen LogP contribution is 2.44. The lowest BCUT2D eigenvalue weighted by Gasteiger charge is -2.38. The van der Waals surface area contributed by atoms with E-state index in [4.69, 9.17) is 5.11 Å². The summed E-state index contributed by atoms with van der Waals surface area (Å²) in [6.07, 6.45) is 1.06. The fourth-order valence-corrected chi connectivity index (χ4v) is 3.10. The Morgan fingerprint density at radius 2 is 2.31 bits per heavy atom. The first-order valence-corrected chi connectivity index (χ1v) is 5.65. The lowest BCUT2D eigenvalue weighted by Crippen LogP contribution is -2.51. The van der Waals surface area contributed by atoms with Crippen molar-refractivity contribution in [2.24, 2.45) is 5.41 Å². The van der Waals surface area contributed by atoms with E-state index in [1.165, 1.54) is 0 Å². The molecule has 2 N–H and O–H groups in total. The Morgan fingerprint density at radius 1 is 1.69 bits per heavy atom. The van der Waals surface area contributed by atoms with Crippen LogP contribution in [0.4, 0.5) is 0 Å². The van der Waals surface area contributed by atoms with Gasteiger partial charge in [0.2, 0.25) is 0 Å². The maximum absolute atomic E-state index is 11.1. The van der Waals surface area contributed by atoms with Crippen molar-refractivity contribution in [1.82, 2.24) is 0 Å². The van der Waals surface area contributed by atoms with E-state index in [1.807, 2.05) is 6.92 Å². The molecule has 1 saturated heterocycles. The Balaban J connectivity index is 2.92. The molecule has 0 aromatic carbocycles. The number of carboxylic acid groups (broad SMARTS) is 1. The quantitative estimate of drug-likeness (QED) is 0.728. The summed E-state index contributed by atoms with van der Waals surface area (Å²) in [6.45, 7) is 3.45. The second kappa shape index (κ2) is 3.50. The smallest absolute Gasteiger partial charge is 0.312 e. The van der Waals surface area contributed by atoms with E-state index in [2.05, 4.69) is 0 Å². The van der Waals surface area contributed by atoms with Gasteiger partial charge in [0.15, 0.2) is 0 Å². The largest absolute Gasteiger partial charge is 0.481 e. The molecule has 0 aromatic heterocycles. The first-order chi connectivity index (χ1) is 5.96. The summed E-state index contributed by atoms with van der Waals surface area (Å²) < 4.78 is 0. The molecule has 0 amide bonds. The number of aliphatic carboxylic acids is 1. The zero-order chi connectivity index (χ0) is 10.1. The van der Waals surface area contributed by atoms with Crippen molar-refractivity contribution in [2.45, 2.75) is 32.3 Å². The molecule has 0 radical (unpaired) electrons. The van der Waals surface area contributed by atoms with Crippen LogP contribution in [-0.2, 0) is 4.79 Å². The molecule has 1 aliphatic rings. The highest BCUT2D eigenvalue weighted by molar-refractivity contribution is 7.99. The number of carboxylic acids is 1. The van der Waals surface area contributed by atoms with Crippen LogP contribution in [-0.4, -0.2) is 33.3 Å². The molecule has 1 fully saturated rings. The third kappa shape index (κ3) is 1.57. The molecule has 2 atom stereocenters. The third-order valence-corrected chi connectivity index (χ3v) is 4.38. The van der Waals surface area contributed by atoms with Crippen LogP contribution in [0.15, 0.2) is 0 Å². The molecule has 76 valence electrons. The second-order valence-electron chi connectivity index (χ2n) is 3.82. The van der Waals surface area contributed by atoms with Crippen molar-refractivity contribution in [3.05, 3.63) is 0 Å². The summed E-state index contributed by atoms with van der Waals surface area (Å²) in [7, 11) is 0. The van der Waals surface area contributed by atoms with Gasteiger partial charge in [-0.25, -0.2) is 0 Å². The molecule has 0 bridgehead atoms. The van der Waals surface area contributed by atoms with Gasteiger partial charge < -0.3 is 10.2 Å². The average Bonchev–Trinajstić information content (AvgIpc) is 2.51. The molecular formula is C9H16O3S. The Labute approximate surface area is 82.5 Å². The summed E-state index contributed by atoms with van der Waals surface area (Å²) in [5.41, 5.74) is -2.01.